The van der Waals surface area contributed by atoms with E-state index in [0.29, 0.717) is 18.9 Å². The minimum Gasteiger partial charge on any atom is -0.482 e. The van der Waals surface area contributed by atoms with Crippen LogP contribution in [0.1, 0.15) is 45.1 Å². The van der Waals surface area contributed by atoms with Crippen LogP contribution in [0.4, 0.5) is 5.69 Å². The molecule has 0 saturated heterocycles. The van der Waals surface area contributed by atoms with Gasteiger partial charge in [0.1, 0.15) is 5.75 Å². The fourth-order valence-corrected chi connectivity index (χ4v) is 3.91. The van der Waals surface area contributed by atoms with Gasteiger partial charge in [-0.25, -0.2) is 4.79 Å². The molecule has 5 heteroatoms. The number of hydrogen-bond donors (Lipinski definition) is 0. The summed E-state index contributed by atoms with van der Waals surface area (Å²) >= 11 is 0. The summed E-state index contributed by atoms with van der Waals surface area (Å²) in [6.07, 6.45) is 4.06. The van der Waals surface area contributed by atoms with Gasteiger partial charge in [-0.3, -0.25) is 4.79 Å². The third kappa shape index (κ3) is 4.98. The molecule has 0 aromatic heterocycles. The molecule has 0 atom stereocenters. The van der Waals surface area contributed by atoms with E-state index >= 15 is 0 Å². The number of carbonyl (C=O) groups excluding carboxylic acids is 2. The average Bonchev–Trinajstić information content (AvgIpc) is 3.15. The molecule has 0 unspecified atom stereocenters. The number of amides is 1. The summed E-state index contributed by atoms with van der Waals surface area (Å²) in [6.45, 7) is 6.53. The maximum atomic E-state index is 13.0. The van der Waals surface area contributed by atoms with Gasteiger partial charge in [-0.15, -0.1) is 0 Å². The van der Waals surface area contributed by atoms with E-state index in [1.54, 1.807) is 6.92 Å². The molecule has 0 fully saturated rings. The van der Waals surface area contributed by atoms with Crippen molar-refractivity contribution < 1.29 is 19.1 Å². The Kier molecular flexibility index (Phi) is 6.59. The van der Waals surface area contributed by atoms with Crippen LogP contribution < -0.4 is 9.64 Å². The van der Waals surface area contributed by atoms with Crippen molar-refractivity contribution in [2.24, 2.45) is 0 Å². The first-order valence-electron chi connectivity index (χ1n) is 11.0. The summed E-state index contributed by atoms with van der Waals surface area (Å²) in [5.41, 5.74) is 6.82. The average molecular weight is 442 g/mol. The van der Waals surface area contributed by atoms with Gasteiger partial charge in [-0.2, -0.15) is 0 Å². The van der Waals surface area contributed by atoms with E-state index in [0.717, 1.165) is 33.5 Å². The fraction of sp³-hybridized carbons (Fsp3) is 0.214. The quantitative estimate of drug-likeness (QED) is 0.355. The molecule has 168 valence electrons. The Balaban J connectivity index is 1.50. The summed E-state index contributed by atoms with van der Waals surface area (Å²) in [5, 5.41) is 0. The van der Waals surface area contributed by atoms with Crippen molar-refractivity contribution in [1.82, 2.24) is 0 Å². The molecule has 0 N–H and O–H groups in total. The number of aryl methyl sites for hydroxylation is 2. The second-order valence-electron chi connectivity index (χ2n) is 8.05. The van der Waals surface area contributed by atoms with E-state index in [9.17, 15) is 9.59 Å². The van der Waals surface area contributed by atoms with Crippen LogP contribution >= 0.6 is 0 Å². The van der Waals surface area contributed by atoms with Crippen molar-refractivity contribution >= 4 is 29.7 Å². The molecule has 0 saturated carbocycles. The number of hydrogen-bond acceptors (Lipinski definition) is 4. The Labute approximate surface area is 194 Å². The van der Waals surface area contributed by atoms with Crippen LogP contribution in [-0.2, 0) is 16.1 Å². The molecule has 1 aliphatic heterocycles. The summed E-state index contributed by atoms with van der Waals surface area (Å²) in [6, 6.07) is 19.7. The maximum Gasteiger partial charge on any atom is 0.344 e. The van der Waals surface area contributed by atoms with Crippen LogP contribution in [0, 0.1) is 13.8 Å². The van der Waals surface area contributed by atoms with Crippen molar-refractivity contribution in [3.63, 3.8) is 0 Å². The summed E-state index contributed by atoms with van der Waals surface area (Å²) in [7, 11) is 0. The molecule has 3 aromatic carbocycles. The smallest absolute Gasteiger partial charge is 0.344 e. The molecule has 1 heterocycles. The highest BCUT2D eigenvalue weighted by atomic mass is 16.6. The van der Waals surface area contributed by atoms with Crippen LogP contribution in [0.25, 0.3) is 12.2 Å². The topological polar surface area (TPSA) is 55.8 Å². The Hall–Kier alpha value is -3.86. The molecule has 0 radical (unpaired) electrons. The molecule has 33 heavy (non-hydrogen) atoms. The Bertz CT molecular complexity index is 1210. The van der Waals surface area contributed by atoms with Gasteiger partial charge in [0.2, 0.25) is 0 Å². The molecule has 4 rings (SSSR count). The number of benzene rings is 3. The molecular formula is C28H27NO4. The number of esters is 1. The zero-order valence-corrected chi connectivity index (χ0v) is 19.1. The number of anilines is 1. The van der Waals surface area contributed by atoms with Crippen LogP contribution in [0.5, 0.6) is 5.75 Å². The lowest BCUT2D eigenvalue weighted by Gasteiger charge is -2.16. The molecule has 5 nitrogen and oxygen atoms in total. The van der Waals surface area contributed by atoms with E-state index in [4.69, 9.17) is 9.47 Å². The Morgan fingerprint density at radius 3 is 2.55 bits per heavy atom. The summed E-state index contributed by atoms with van der Waals surface area (Å²) in [5.74, 6) is 0.302. The summed E-state index contributed by atoms with van der Waals surface area (Å²) < 4.78 is 10.5. The zero-order chi connectivity index (χ0) is 23.4. The van der Waals surface area contributed by atoms with Gasteiger partial charge in [0.25, 0.3) is 5.91 Å². The Morgan fingerprint density at radius 1 is 1.03 bits per heavy atom. The van der Waals surface area contributed by atoms with Crippen LogP contribution in [0.2, 0.25) is 0 Å². The van der Waals surface area contributed by atoms with Crippen LogP contribution in [0.3, 0.4) is 0 Å². The van der Waals surface area contributed by atoms with Gasteiger partial charge in [-0.1, -0.05) is 48.0 Å². The molecule has 0 aliphatic carbocycles. The van der Waals surface area contributed by atoms with E-state index in [2.05, 4.69) is 0 Å². The van der Waals surface area contributed by atoms with Crippen LogP contribution in [-0.4, -0.2) is 25.1 Å². The molecule has 0 bridgehead atoms. The van der Waals surface area contributed by atoms with Crippen molar-refractivity contribution in [3.8, 4) is 5.75 Å². The van der Waals surface area contributed by atoms with Gasteiger partial charge >= 0.3 is 5.97 Å². The SMILES string of the molecule is CCOC(=O)COc1ccc(/C=C/c2cccc3c2CN(c2ccc(C)cc2)C3=O)cc1C. The monoisotopic (exact) mass is 441 g/mol. The standard InChI is InChI=1S/C28H27NO4/c1-4-32-27(30)18-33-26-15-11-21(16-20(26)3)10-12-22-6-5-7-24-25(22)17-29(28(24)31)23-13-8-19(2)9-14-23/h5-16H,4,17-18H2,1-3H3/b12-10+. The van der Waals surface area contributed by atoms with Gasteiger partial charge in [0, 0.05) is 11.3 Å². The van der Waals surface area contributed by atoms with Crippen molar-refractivity contribution in [1.29, 1.82) is 0 Å². The minimum atomic E-state index is -0.381. The number of fused-ring (bicyclic) bond motifs is 1. The highest BCUT2D eigenvalue weighted by Crippen LogP contribution is 2.31. The summed E-state index contributed by atoms with van der Waals surface area (Å²) in [4.78, 5) is 26.3. The fourth-order valence-electron chi connectivity index (χ4n) is 3.91. The van der Waals surface area contributed by atoms with Crippen molar-refractivity contribution in [3.05, 3.63) is 94.0 Å². The Morgan fingerprint density at radius 2 is 1.82 bits per heavy atom. The highest BCUT2D eigenvalue weighted by Gasteiger charge is 2.29. The third-order valence-corrected chi connectivity index (χ3v) is 5.65. The van der Waals surface area contributed by atoms with Gasteiger partial charge in [-0.05, 0) is 73.4 Å². The normalized spacial score (nSPS) is 12.8. The lowest BCUT2D eigenvalue weighted by molar-refractivity contribution is -0.145. The first-order chi connectivity index (χ1) is 16.0. The van der Waals surface area contributed by atoms with Crippen molar-refractivity contribution in [2.45, 2.75) is 27.3 Å². The van der Waals surface area contributed by atoms with Gasteiger partial charge in [0.15, 0.2) is 6.61 Å². The molecule has 3 aromatic rings. The predicted molar refractivity (Wildman–Crippen MR) is 130 cm³/mol. The zero-order valence-electron chi connectivity index (χ0n) is 19.1. The number of nitrogens with zero attached hydrogens (tertiary/aromatic N) is 1. The van der Waals surface area contributed by atoms with Crippen molar-refractivity contribution in [2.75, 3.05) is 18.1 Å². The number of rotatable bonds is 7. The second kappa shape index (κ2) is 9.74. The lowest BCUT2D eigenvalue weighted by atomic mass is 10.0. The predicted octanol–water partition coefficient (Wildman–Crippen LogP) is 5.58. The molecular weight excluding hydrogens is 414 g/mol. The number of ether oxygens (including phenoxy) is 2. The highest BCUT2D eigenvalue weighted by molar-refractivity contribution is 6.10. The molecule has 1 aliphatic rings. The minimum absolute atomic E-state index is 0.0306. The van der Waals surface area contributed by atoms with E-state index in [1.807, 2.05) is 91.6 Å². The van der Waals surface area contributed by atoms with E-state index < -0.39 is 0 Å². The maximum absolute atomic E-state index is 13.0. The van der Waals surface area contributed by atoms with E-state index in [1.165, 1.54) is 5.56 Å². The first-order valence-corrected chi connectivity index (χ1v) is 11.0. The number of carbonyl (C=O) groups is 2. The molecule has 1 amide bonds. The third-order valence-electron chi connectivity index (χ3n) is 5.65. The lowest BCUT2D eigenvalue weighted by Crippen LogP contribution is -2.22. The first kappa shape index (κ1) is 22.3. The largest absolute Gasteiger partial charge is 0.482 e. The second-order valence-corrected chi connectivity index (χ2v) is 8.05. The van der Waals surface area contributed by atoms with E-state index in [-0.39, 0.29) is 18.5 Å². The molecule has 0 spiro atoms. The van der Waals surface area contributed by atoms with Gasteiger partial charge < -0.3 is 14.4 Å². The van der Waals surface area contributed by atoms with Gasteiger partial charge in [0.05, 0.1) is 13.2 Å². The van der Waals surface area contributed by atoms with Crippen LogP contribution in [0.15, 0.2) is 60.7 Å².